The van der Waals surface area contributed by atoms with Crippen LogP contribution in [0.5, 0.6) is 0 Å². The summed E-state index contributed by atoms with van der Waals surface area (Å²) in [6.45, 7) is 3.79. The summed E-state index contributed by atoms with van der Waals surface area (Å²) in [5, 5.41) is 0. The van der Waals surface area contributed by atoms with E-state index >= 15 is 0 Å². The highest BCUT2D eigenvalue weighted by Gasteiger charge is 2.00. The Morgan fingerprint density at radius 2 is 2.30 bits per heavy atom. The number of hydrogen-bond acceptors (Lipinski definition) is 3. The third-order valence-electron chi connectivity index (χ3n) is 1.22. The fourth-order valence-corrected chi connectivity index (χ4v) is 0.688. The zero-order chi connectivity index (χ0) is 7.56. The van der Waals surface area contributed by atoms with Crippen LogP contribution in [-0.4, -0.2) is 9.97 Å². The lowest BCUT2D eigenvalue weighted by Gasteiger charge is -2.02. The van der Waals surface area contributed by atoms with Crippen molar-refractivity contribution in [2.75, 3.05) is 0 Å². The molecule has 0 unspecified atom stereocenters. The summed E-state index contributed by atoms with van der Waals surface area (Å²) in [7, 11) is 0. The molecule has 0 aromatic carbocycles. The molecule has 0 fully saturated rings. The molecule has 0 amide bonds. The lowest BCUT2D eigenvalue weighted by Crippen LogP contribution is -2.09. The quantitative estimate of drug-likeness (QED) is 0.623. The first-order chi connectivity index (χ1) is 4.70. The van der Waals surface area contributed by atoms with Gasteiger partial charge in [-0.05, 0) is 19.9 Å². The van der Waals surface area contributed by atoms with Gasteiger partial charge in [0.05, 0.1) is 6.04 Å². The van der Waals surface area contributed by atoms with Crippen LogP contribution >= 0.6 is 0 Å². The SMILES string of the molecule is Cc1ccnc([C@@H](C)N)n1. The molecule has 1 heterocycles. The molecule has 10 heavy (non-hydrogen) atoms. The lowest BCUT2D eigenvalue weighted by molar-refractivity contribution is 0.733. The maximum Gasteiger partial charge on any atom is 0.144 e. The average Bonchev–Trinajstić information content (AvgIpc) is 1.88. The van der Waals surface area contributed by atoms with Gasteiger partial charge in [-0.25, -0.2) is 9.97 Å². The minimum absolute atomic E-state index is 0.0695. The summed E-state index contributed by atoms with van der Waals surface area (Å²) < 4.78 is 0. The summed E-state index contributed by atoms with van der Waals surface area (Å²) >= 11 is 0. The Kier molecular flexibility index (Phi) is 1.97. The van der Waals surface area contributed by atoms with Gasteiger partial charge in [-0.2, -0.15) is 0 Å². The standard InChI is InChI=1S/C7H11N3/c1-5-3-4-9-7(10-5)6(2)8/h3-4,6H,8H2,1-2H3/t6-/m1/s1. The predicted octanol–water partition coefficient (Wildman–Crippen LogP) is 0.805. The normalized spacial score (nSPS) is 13.1. The van der Waals surface area contributed by atoms with E-state index in [1.54, 1.807) is 6.20 Å². The van der Waals surface area contributed by atoms with Crippen LogP contribution in [0.4, 0.5) is 0 Å². The molecule has 3 nitrogen and oxygen atoms in total. The molecule has 2 N–H and O–H groups in total. The summed E-state index contributed by atoms with van der Waals surface area (Å²) in [6, 6.07) is 1.78. The van der Waals surface area contributed by atoms with Gasteiger partial charge in [0.15, 0.2) is 0 Å². The van der Waals surface area contributed by atoms with Gasteiger partial charge in [0.1, 0.15) is 5.82 Å². The number of nitrogens with two attached hydrogens (primary N) is 1. The maximum absolute atomic E-state index is 5.56. The van der Waals surface area contributed by atoms with Crippen LogP contribution in [0.25, 0.3) is 0 Å². The van der Waals surface area contributed by atoms with Crippen LogP contribution in [0.15, 0.2) is 12.3 Å². The largest absolute Gasteiger partial charge is 0.322 e. The summed E-state index contributed by atoms with van der Waals surface area (Å²) in [6.07, 6.45) is 1.72. The Labute approximate surface area is 60.3 Å². The predicted molar refractivity (Wildman–Crippen MR) is 39.4 cm³/mol. The van der Waals surface area contributed by atoms with E-state index in [1.807, 2.05) is 19.9 Å². The van der Waals surface area contributed by atoms with Crippen molar-refractivity contribution in [1.29, 1.82) is 0 Å². The number of rotatable bonds is 1. The van der Waals surface area contributed by atoms with Gasteiger partial charge in [0.25, 0.3) is 0 Å². The van der Waals surface area contributed by atoms with Gasteiger partial charge >= 0.3 is 0 Å². The molecular formula is C7H11N3. The van der Waals surface area contributed by atoms with E-state index in [-0.39, 0.29) is 6.04 Å². The zero-order valence-electron chi connectivity index (χ0n) is 6.20. The molecule has 3 heteroatoms. The van der Waals surface area contributed by atoms with Crippen molar-refractivity contribution >= 4 is 0 Å². The van der Waals surface area contributed by atoms with Gasteiger partial charge in [-0.1, -0.05) is 0 Å². The van der Waals surface area contributed by atoms with Gasteiger partial charge in [-0.15, -0.1) is 0 Å². The Morgan fingerprint density at radius 3 is 2.70 bits per heavy atom. The molecule has 0 bridgehead atoms. The molecule has 1 rings (SSSR count). The Morgan fingerprint density at radius 1 is 1.60 bits per heavy atom. The minimum atomic E-state index is -0.0695. The van der Waals surface area contributed by atoms with Crippen LogP contribution in [-0.2, 0) is 0 Å². The molecular weight excluding hydrogens is 126 g/mol. The molecule has 0 saturated heterocycles. The third kappa shape index (κ3) is 1.51. The van der Waals surface area contributed by atoms with Crippen LogP contribution in [0.2, 0.25) is 0 Å². The molecule has 0 radical (unpaired) electrons. The fourth-order valence-electron chi connectivity index (χ4n) is 0.688. The highest BCUT2D eigenvalue weighted by molar-refractivity contribution is 5.01. The highest BCUT2D eigenvalue weighted by atomic mass is 14.9. The van der Waals surface area contributed by atoms with Gasteiger partial charge in [0, 0.05) is 11.9 Å². The Balaban J connectivity index is 2.96. The Hall–Kier alpha value is -0.960. The van der Waals surface area contributed by atoms with E-state index in [1.165, 1.54) is 0 Å². The number of aromatic nitrogens is 2. The molecule has 1 atom stereocenters. The fraction of sp³-hybridized carbons (Fsp3) is 0.429. The number of nitrogens with zero attached hydrogens (tertiary/aromatic N) is 2. The average molecular weight is 137 g/mol. The highest BCUT2D eigenvalue weighted by Crippen LogP contribution is 2.01. The van der Waals surface area contributed by atoms with Crippen molar-refractivity contribution in [2.24, 2.45) is 5.73 Å². The maximum atomic E-state index is 5.56. The second-order valence-electron chi connectivity index (χ2n) is 2.34. The molecule has 0 aliphatic carbocycles. The number of hydrogen-bond donors (Lipinski definition) is 1. The summed E-state index contributed by atoms with van der Waals surface area (Å²) in [4.78, 5) is 8.14. The first kappa shape index (κ1) is 7.15. The van der Waals surface area contributed by atoms with Crippen molar-refractivity contribution in [1.82, 2.24) is 9.97 Å². The van der Waals surface area contributed by atoms with Gasteiger partial charge < -0.3 is 5.73 Å². The number of aryl methyl sites for hydroxylation is 1. The van der Waals surface area contributed by atoms with Crippen molar-refractivity contribution in [3.8, 4) is 0 Å². The van der Waals surface area contributed by atoms with Gasteiger partial charge in [0.2, 0.25) is 0 Å². The first-order valence-corrected chi connectivity index (χ1v) is 3.25. The molecule has 0 aliphatic heterocycles. The molecule has 54 valence electrons. The zero-order valence-corrected chi connectivity index (χ0v) is 6.20. The van der Waals surface area contributed by atoms with Crippen molar-refractivity contribution in [2.45, 2.75) is 19.9 Å². The second kappa shape index (κ2) is 2.75. The van der Waals surface area contributed by atoms with Gasteiger partial charge in [-0.3, -0.25) is 0 Å². The molecule has 0 spiro atoms. The monoisotopic (exact) mass is 137 g/mol. The molecule has 0 aliphatic rings. The Bertz CT molecular complexity index is 220. The van der Waals surface area contributed by atoms with Crippen molar-refractivity contribution in [3.63, 3.8) is 0 Å². The molecule has 1 aromatic heterocycles. The van der Waals surface area contributed by atoms with E-state index in [2.05, 4.69) is 9.97 Å². The van der Waals surface area contributed by atoms with Crippen LogP contribution in [0, 0.1) is 6.92 Å². The van der Waals surface area contributed by atoms with Crippen molar-refractivity contribution < 1.29 is 0 Å². The second-order valence-corrected chi connectivity index (χ2v) is 2.34. The van der Waals surface area contributed by atoms with E-state index in [0.29, 0.717) is 5.82 Å². The topological polar surface area (TPSA) is 51.8 Å². The van der Waals surface area contributed by atoms with Crippen LogP contribution in [0.1, 0.15) is 24.5 Å². The van der Waals surface area contributed by atoms with E-state index in [9.17, 15) is 0 Å². The molecule has 0 saturated carbocycles. The van der Waals surface area contributed by atoms with E-state index in [4.69, 9.17) is 5.73 Å². The summed E-state index contributed by atoms with van der Waals surface area (Å²) in [5.74, 6) is 0.708. The van der Waals surface area contributed by atoms with Crippen molar-refractivity contribution in [3.05, 3.63) is 23.8 Å². The molecule has 1 aromatic rings. The third-order valence-corrected chi connectivity index (χ3v) is 1.22. The van der Waals surface area contributed by atoms with Crippen LogP contribution in [0.3, 0.4) is 0 Å². The summed E-state index contributed by atoms with van der Waals surface area (Å²) in [5.41, 5.74) is 6.52. The van der Waals surface area contributed by atoms with Crippen LogP contribution < -0.4 is 5.73 Å². The smallest absolute Gasteiger partial charge is 0.144 e. The van der Waals surface area contributed by atoms with E-state index in [0.717, 1.165) is 5.69 Å². The first-order valence-electron chi connectivity index (χ1n) is 3.25. The minimum Gasteiger partial charge on any atom is -0.322 e. The lowest BCUT2D eigenvalue weighted by atomic mass is 10.3. The van der Waals surface area contributed by atoms with E-state index < -0.39 is 0 Å².